The second-order valence-corrected chi connectivity index (χ2v) is 6.21. The lowest BCUT2D eigenvalue weighted by atomic mass is 10.1. The van der Waals surface area contributed by atoms with Crippen molar-refractivity contribution >= 4 is 11.9 Å². The molecule has 1 saturated heterocycles. The summed E-state index contributed by atoms with van der Waals surface area (Å²) in [4.78, 5) is 26.9. The third-order valence-corrected chi connectivity index (χ3v) is 4.32. The third kappa shape index (κ3) is 4.69. The number of amides is 1. The Balaban J connectivity index is 1.80. The van der Waals surface area contributed by atoms with Gasteiger partial charge in [-0.1, -0.05) is 30.3 Å². The first kappa shape index (κ1) is 19.9. The number of morpholine rings is 1. The van der Waals surface area contributed by atoms with Gasteiger partial charge in [0.1, 0.15) is 0 Å². The highest BCUT2D eigenvalue weighted by Crippen LogP contribution is 2.29. The second kappa shape index (κ2) is 8.43. The maximum Gasteiger partial charge on any atom is 0.416 e. The van der Waals surface area contributed by atoms with Gasteiger partial charge in [0.15, 0.2) is 0 Å². The van der Waals surface area contributed by atoms with Gasteiger partial charge in [-0.15, -0.1) is 0 Å². The number of rotatable bonds is 4. The monoisotopic (exact) mass is 393 g/mol. The topological polar surface area (TPSA) is 55.8 Å². The van der Waals surface area contributed by atoms with Crippen molar-refractivity contribution in [3.8, 4) is 0 Å². The summed E-state index contributed by atoms with van der Waals surface area (Å²) >= 11 is 0. The summed E-state index contributed by atoms with van der Waals surface area (Å²) < 4.78 is 48.7. The number of esters is 1. The quantitative estimate of drug-likeness (QED) is 0.747. The second-order valence-electron chi connectivity index (χ2n) is 6.21. The van der Waals surface area contributed by atoms with Crippen molar-refractivity contribution in [2.45, 2.75) is 12.3 Å². The van der Waals surface area contributed by atoms with Crippen LogP contribution in [0.15, 0.2) is 54.6 Å². The Morgan fingerprint density at radius 2 is 1.57 bits per heavy atom. The van der Waals surface area contributed by atoms with Gasteiger partial charge < -0.3 is 14.4 Å². The number of benzene rings is 2. The minimum Gasteiger partial charge on any atom is -0.444 e. The molecule has 148 valence electrons. The summed E-state index contributed by atoms with van der Waals surface area (Å²) in [5, 5.41) is 0. The molecule has 8 heteroatoms. The first-order chi connectivity index (χ1) is 13.4. The van der Waals surface area contributed by atoms with Crippen LogP contribution < -0.4 is 0 Å². The largest absolute Gasteiger partial charge is 0.444 e. The van der Waals surface area contributed by atoms with Crippen LogP contribution in [0, 0.1) is 0 Å². The van der Waals surface area contributed by atoms with E-state index < -0.39 is 29.7 Å². The highest BCUT2D eigenvalue weighted by atomic mass is 19.4. The molecule has 1 amide bonds. The summed E-state index contributed by atoms with van der Waals surface area (Å²) in [5.74, 6) is -1.26. The number of alkyl halides is 3. The lowest BCUT2D eigenvalue weighted by Crippen LogP contribution is -2.44. The van der Waals surface area contributed by atoms with Crippen LogP contribution in [0.2, 0.25) is 0 Å². The van der Waals surface area contributed by atoms with Crippen LogP contribution in [-0.2, 0) is 20.4 Å². The predicted octanol–water partition coefficient (Wildman–Crippen LogP) is 3.46. The molecule has 2 aromatic rings. The van der Waals surface area contributed by atoms with E-state index in [9.17, 15) is 22.8 Å². The average Bonchev–Trinajstić information content (AvgIpc) is 2.72. The van der Waals surface area contributed by atoms with Gasteiger partial charge in [-0.25, -0.2) is 4.79 Å². The zero-order chi connectivity index (χ0) is 20.1. The molecule has 28 heavy (non-hydrogen) atoms. The molecule has 1 aliphatic heterocycles. The maximum absolute atomic E-state index is 12.9. The molecule has 2 aromatic carbocycles. The van der Waals surface area contributed by atoms with E-state index in [2.05, 4.69) is 0 Å². The van der Waals surface area contributed by atoms with Crippen molar-refractivity contribution in [2.24, 2.45) is 0 Å². The molecule has 0 bridgehead atoms. The maximum atomic E-state index is 12.9. The van der Waals surface area contributed by atoms with Gasteiger partial charge in [0, 0.05) is 18.7 Å². The van der Waals surface area contributed by atoms with Crippen molar-refractivity contribution in [3.63, 3.8) is 0 Å². The van der Waals surface area contributed by atoms with E-state index in [-0.39, 0.29) is 5.56 Å². The number of halogens is 3. The number of nitrogens with zero attached hydrogens (tertiary/aromatic N) is 1. The molecule has 1 heterocycles. The third-order valence-electron chi connectivity index (χ3n) is 4.32. The molecule has 1 fully saturated rings. The van der Waals surface area contributed by atoms with Crippen LogP contribution in [0.4, 0.5) is 13.2 Å². The molecule has 0 radical (unpaired) electrons. The Kier molecular flexibility index (Phi) is 5.99. The van der Waals surface area contributed by atoms with Crippen molar-refractivity contribution < 1.29 is 32.2 Å². The summed E-state index contributed by atoms with van der Waals surface area (Å²) in [7, 11) is 0. The Morgan fingerprint density at radius 3 is 2.14 bits per heavy atom. The number of carbonyl (C=O) groups is 2. The predicted molar refractivity (Wildman–Crippen MR) is 93.4 cm³/mol. The van der Waals surface area contributed by atoms with Crippen LogP contribution in [0.1, 0.15) is 27.6 Å². The van der Waals surface area contributed by atoms with E-state index in [1.54, 1.807) is 35.2 Å². The lowest BCUT2D eigenvalue weighted by molar-refractivity contribution is -0.145. The fourth-order valence-corrected chi connectivity index (χ4v) is 2.81. The normalized spacial score (nSPS) is 15.8. The Morgan fingerprint density at radius 1 is 0.964 bits per heavy atom. The first-order valence-electron chi connectivity index (χ1n) is 8.66. The van der Waals surface area contributed by atoms with Gasteiger partial charge in [0.25, 0.3) is 5.91 Å². The summed E-state index contributed by atoms with van der Waals surface area (Å²) in [6.45, 7) is 1.53. The Hall–Kier alpha value is -2.87. The summed E-state index contributed by atoms with van der Waals surface area (Å²) in [5.41, 5.74) is -0.448. The SMILES string of the molecule is O=C(O[C@H](C(=O)N1CCOCC1)c1ccccc1)c1ccc(C(F)(F)F)cc1. The number of carbonyl (C=O) groups excluding carboxylic acids is 2. The number of hydrogen-bond acceptors (Lipinski definition) is 4. The fraction of sp³-hybridized carbons (Fsp3) is 0.300. The highest BCUT2D eigenvalue weighted by Gasteiger charge is 2.32. The van der Waals surface area contributed by atoms with Crippen LogP contribution >= 0.6 is 0 Å². The van der Waals surface area contributed by atoms with Crippen molar-refractivity contribution in [3.05, 3.63) is 71.3 Å². The lowest BCUT2D eigenvalue weighted by Gasteiger charge is -2.30. The number of hydrogen-bond donors (Lipinski definition) is 0. The smallest absolute Gasteiger partial charge is 0.416 e. The van der Waals surface area contributed by atoms with Gasteiger partial charge >= 0.3 is 12.1 Å². The average molecular weight is 393 g/mol. The van der Waals surface area contributed by atoms with E-state index in [0.29, 0.717) is 31.9 Å². The summed E-state index contributed by atoms with van der Waals surface area (Å²) in [6, 6.07) is 12.2. The van der Waals surface area contributed by atoms with Gasteiger partial charge in [-0.05, 0) is 24.3 Å². The van der Waals surface area contributed by atoms with Crippen LogP contribution in [0.25, 0.3) is 0 Å². The van der Waals surface area contributed by atoms with Gasteiger partial charge in [0.05, 0.1) is 24.3 Å². The van der Waals surface area contributed by atoms with E-state index >= 15 is 0 Å². The molecule has 1 aliphatic rings. The van der Waals surface area contributed by atoms with Crippen molar-refractivity contribution in [2.75, 3.05) is 26.3 Å². The van der Waals surface area contributed by atoms with Crippen LogP contribution in [0.5, 0.6) is 0 Å². The first-order valence-corrected chi connectivity index (χ1v) is 8.66. The van der Waals surface area contributed by atoms with Crippen molar-refractivity contribution in [1.82, 2.24) is 4.90 Å². The van der Waals surface area contributed by atoms with Gasteiger partial charge in [-0.3, -0.25) is 4.79 Å². The van der Waals surface area contributed by atoms with Crippen LogP contribution in [0.3, 0.4) is 0 Å². The van der Waals surface area contributed by atoms with E-state index in [1.165, 1.54) is 0 Å². The van der Waals surface area contributed by atoms with Crippen LogP contribution in [-0.4, -0.2) is 43.1 Å². The Bertz CT molecular complexity index is 816. The fourth-order valence-electron chi connectivity index (χ4n) is 2.81. The molecule has 0 spiro atoms. The summed E-state index contributed by atoms with van der Waals surface area (Å²) in [6.07, 6.45) is -5.68. The van der Waals surface area contributed by atoms with E-state index in [0.717, 1.165) is 24.3 Å². The van der Waals surface area contributed by atoms with Gasteiger partial charge in [0.2, 0.25) is 6.10 Å². The molecule has 0 aliphatic carbocycles. The highest BCUT2D eigenvalue weighted by molar-refractivity contribution is 5.92. The molecule has 0 N–H and O–H groups in total. The van der Waals surface area contributed by atoms with Gasteiger partial charge in [-0.2, -0.15) is 13.2 Å². The zero-order valence-electron chi connectivity index (χ0n) is 14.8. The zero-order valence-corrected chi connectivity index (χ0v) is 14.8. The molecule has 5 nitrogen and oxygen atoms in total. The van der Waals surface area contributed by atoms with E-state index in [1.807, 2.05) is 0 Å². The molecule has 0 unspecified atom stereocenters. The molecule has 1 atom stereocenters. The molecule has 0 saturated carbocycles. The molecule has 0 aromatic heterocycles. The minimum atomic E-state index is -4.50. The molecule has 3 rings (SSSR count). The minimum absolute atomic E-state index is 0.0660. The van der Waals surface area contributed by atoms with E-state index in [4.69, 9.17) is 9.47 Å². The van der Waals surface area contributed by atoms with Crippen molar-refractivity contribution in [1.29, 1.82) is 0 Å². The standard InChI is InChI=1S/C20H18F3NO4/c21-20(22,23)16-8-6-15(7-9-16)19(26)28-17(14-4-2-1-3-5-14)18(25)24-10-12-27-13-11-24/h1-9,17H,10-13H2/t17-/m0/s1. The molecular formula is C20H18F3NO4. The Labute approximate surface area is 159 Å². The molecular weight excluding hydrogens is 375 g/mol. The number of ether oxygens (including phenoxy) is 2.